The molecule has 1 aliphatic heterocycles. The van der Waals surface area contributed by atoms with Gasteiger partial charge in [0.25, 0.3) is 0 Å². The number of hydrogen-bond donors (Lipinski definition) is 3. The number of aliphatic hydroxyl groups excluding tert-OH is 1. The van der Waals surface area contributed by atoms with E-state index in [-0.39, 0.29) is 6.61 Å². The maximum Gasteiger partial charge on any atom is 0.191 e. The molecule has 1 rings (SSSR count). The van der Waals surface area contributed by atoms with Crippen molar-refractivity contribution >= 4 is 5.96 Å². The van der Waals surface area contributed by atoms with Crippen LogP contribution in [0.25, 0.3) is 0 Å². The molecule has 0 radical (unpaired) electrons. The molecular formula is C18H38N4O. The van der Waals surface area contributed by atoms with Crippen LogP contribution < -0.4 is 10.6 Å². The van der Waals surface area contributed by atoms with Crippen LogP contribution in [0, 0.1) is 11.8 Å². The van der Waals surface area contributed by atoms with E-state index in [4.69, 9.17) is 10.1 Å². The highest BCUT2D eigenvalue weighted by Gasteiger charge is 2.15. The Morgan fingerprint density at radius 1 is 1.30 bits per heavy atom. The minimum atomic E-state index is 0.261. The summed E-state index contributed by atoms with van der Waals surface area (Å²) in [4.78, 5) is 7.27. The second-order valence-corrected chi connectivity index (χ2v) is 6.86. The topological polar surface area (TPSA) is 59.9 Å². The third-order valence-corrected chi connectivity index (χ3v) is 4.55. The smallest absolute Gasteiger partial charge is 0.191 e. The van der Waals surface area contributed by atoms with Crippen molar-refractivity contribution in [3.63, 3.8) is 0 Å². The molecule has 0 aromatic heterocycles. The van der Waals surface area contributed by atoms with E-state index < -0.39 is 0 Å². The van der Waals surface area contributed by atoms with Crippen LogP contribution in [0.3, 0.4) is 0 Å². The monoisotopic (exact) mass is 326 g/mol. The van der Waals surface area contributed by atoms with Gasteiger partial charge in [0.2, 0.25) is 0 Å². The third kappa shape index (κ3) is 9.16. The Bertz CT molecular complexity index is 316. The standard InChI is InChI=1S/C18H38N4O/c1-4-7-17(9-13-23)14-21-18(19-5-2)20-10-12-22-11-6-8-16(3)15-22/h16-17,23H,4-15H2,1-3H3,(H2,19,20,21). The van der Waals surface area contributed by atoms with Crippen LogP contribution in [0.2, 0.25) is 0 Å². The van der Waals surface area contributed by atoms with Gasteiger partial charge in [-0.2, -0.15) is 0 Å². The number of aliphatic hydroxyl groups is 1. The van der Waals surface area contributed by atoms with Gasteiger partial charge in [0.1, 0.15) is 0 Å². The Morgan fingerprint density at radius 3 is 2.78 bits per heavy atom. The van der Waals surface area contributed by atoms with Gasteiger partial charge in [0, 0.05) is 39.3 Å². The maximum atomic E-state index is 9.15. The first kappa shape index (κ1) is 20.2. The number of nitrogens with one attached hydrogen (secondary N) is 2. The molecule has 0 bridgehead atoms. The van der Waals surface area contributed by atoms with Crippen LogP contribution in [0.1, 0.15) is 52.9 Å². The summed E-state index contributed by atoms with van der Waals surface area (Å²) in [5, 5.41) is 15.9. The first-order valence-corrected chi connectivity index (χ1v) is 9.54. The highest BCUT2D eigenvalue weighted by Crippen LogP contribution is 2.14. The molecule has 136 valence electrons. The predicted molar refractivity (Wildman–Crippen MR) is 98.9 cm³/mol. The molecular weight excluding hydrogens is 288 g/mol. The molecule has 1 aliphatic rings. The minimum absolute atomic E-state index is 0.261. The Kier molecular flexibility index (Phi) is 11.1. The lowest BCUT2D eigenvalue weighted by Crippen LogP contribution is -2.44. The molecule has 0 amide bonds. The summed E-state index contributed by atoms with van der Waals surface area (Å²) < 4.78 is 0. The number of nitrogens with zero attached hydrogens (tertiary/aromatic N) is 2. The second-order valence-electron chi connectivity index (χ2n) is 6.86. The van der Waals surface area contributed by atoms with Crippen LogP contribution in [0.15, 0.2) is 4.99 Å². The fourth-order valence-corrected chi connectivity index (χ4v) is 3.30. The lowest BCUT2D eigenvalue weighted by Gasteiger charge is -2.30. The molecule has 0 saturated carbocycles. The van der Waals surface area contributed by atoms with Crippen LogP contribution in [0.4, 0.5) is 0 Å². The van der Waals surface area contributed by atoms with Crippen LogP contribution in [-0.2, 0) is 0 Å². The quantitative estimate of drug-likeness (QED) is 0.425. The van der Waals surface area contributed by atoms with E-state index in [0.29, 0.717) is 5.92 Å². The summed E-state index contributed by atoms with van der Waals surface area (Å²) in [7, 11) is 0. The summed E-state index contributed by atoms with van der Waals surface area (Å²) in [6.45, 7) is 13.1. The van der Waals surface area contributed by atoms with E-state index in [9.17, 15) is 0 Å². The zero-order valence-corrected chi connectivity index (χ0v) is 15.5. The van der Waals surface area contributed by atoms with Gasteiger partial charge in [0.15, 0.2) is 5.96 Å². The molecule has 0 aliphatic carbocycles. The molecule has 5 nitrogen and oxygen atoms in total. The summed E-state index contributed by atoms with van der Waals surface area (Å²) >= 11 is 0. The molecule has 3 N–H and O–H groups in total. The molecule has 1 saturated heterocycles. The second kappa shape index (κ2) is 12.6. The predicted octanol–water partition coefficient (Wildman–Crippen LogP) is 2.07. The Balaban J connectivity index is 2.35. The Morgan fingerprint density at radius 2 is 2.13 bits per heavy atom. The van der Waals surface area contributed by atoms with Crippen LogP contribution in [-0.4, -0.2) is 61.8 Å². The van der Waals surface area contributed by atoms with Gasteiger partial charge in [-0.1, -0.05) is 20.3 Å². The minimum Gasteiger partial charge on any atom is -0.396 e. The molecule has 2 unspecified atom stereocenters. The fourth-order valence-electron chi connectivity index (χ4n) is 3.30. The van der Waals surface area contributed by atoms with Crippen molar-refractivity contribution in [1.29, 1.82) is 0 Å². The van der Waals surface area contributed by atoms with Crippen LogP contribution in [0.5, 0.6) is 0 Å². The van der Waals surface area contributed by atoms with Crippen molar-refractivity contribution in [1.82, 2.24) is 15.5 Å². The zero-order valence-electron chi connectivity index (χ0n) is 15.5. The molecule has 1 heterocycles. The van der Waals surface area contributed by atoms with E-state index in [0.717, 1.165) is 57.3 Å². The van der Waals surface area contributed by atoms with Gasteiger partial charge in [0.05, 0.1) is 0 Å². The first-order chi connectivity index (χ1) is 11.2. The first-order valence-electron chi connectivity index (χ1n) is 9.54. The normalized spacial score (nSPS) is 21.2. The van der Waals surface area contributed by atoms with Crippen LogP contribution >= 0.6 is 0 Å². The van der Waals surface area contributed by atoms with E-state index in [1.54, 1.807) is 0 Å². The van der Waals surface area contributed by atoms with Gasteiger partial charge in [-0.15, -0.1) is 0 Å². The van der Waals surface area contributed by atoms with Crippen molar-refractivity contribution in [2.24, 2.45) is 16.8 Å². The number of hydrogen-bond acceptors (Lipinski definition) is 3. The highest BCUT2D eigenvalue weighted by atomic mass is 16.3. The number of piperidine rings is 1. The average molecular weight is 327 g/mol. The maximum absolute atomic E-state index is 9.15. The van der Waals surface area contributed by atoms with E-state index >= 15 is 0 Å². The zero-order chi connectivity index (χ0) is 16.9. The van der Waals surface area contributed by atoms with Crippen molar-refractivity contribution in [3.05, 3.63) is 0 Å². The van der Waals surface area contributed by atoms with Crippen molar-refractivity contribution in [2.45, 2.75) is 52.9 Å². The molecule has 0 spiro atoms. The summed E-state index contributed by atoms with van der Waals surface area (Å²) in [5.41, 5.74) is 0. The SMILES string of the molecule is CCCC(CCO)CN=C(NCC)NCCN1CCCC(C)C1. The molecule has 5 heteroatoms. The molecule has 2 atom stereocenters. The van der Waals surface area contributed by atoms with Crippen molar-refractivity contribution < 1.29 is 5.11 Å². The van der Waals surface area contributed by atoms with Gasteiger partial charge in [-0.25, -0.2) is 0 Å². The van der Waals surface area contributed by atoms with Gasteiger partial charge >= 0.3 is 0 Å². The lowest BCUT2D eigenvalue weighted by molar-refractivity contribution is 0.187. The number of aliphatic imine (C=N–C) groups is 1. The fraction of sp³-hybridized carbons (Fsp3) is 0.944. The molecule has 1 fully saturated rings. The summed E-state index contributed by atoms with van der Waals surface area (Å²) in [6.07, 6.45) is 5.84. The number of guanidine groups is 1. The van der Waals surface area contributed by atoms with E-state index in [1.807, 2.05) is 0 Å². The van der Waals surface area contributed by atoms with Crippen molar-refractivity contribution in [2.75, 3.05) is 45.9 Å². The van der Waals surface area contributed by atoms with E-state index in [2.05, 4.69) is 36.3 Å². The Labute approximate surface area is 142 Å². The number of rotatable bonds is 10. The highest BCUT2D eigenvalue weighted by molar-refractivity contribution is 5.79. The van der Waals surface area contributed by atoms with Crippen molar-refractivity contribution in [3.8, 4) is 0 Å². The molecule has 0 aromatic carbocycles. The average Bonchev–Trinajstić information content (AvgIpc) is 2.53. The van der Waals surface area contributed by atoms with Gasteiger partial charge < -0.3 is 20.6 Å². The third-order valence-electron chi connectivity index (χ3n) is 4.55. The van der Waals surface area contributed by atoms with Gasteiger partial charge in [-0.3, -0.25) is 4.99 Å². The number of likely N-dealkylation sites (tertiary alicyclic amines) is 1. The molecule has 23 heavy (non-hydrogen) atoms. The lowest BCUT2D eigenvalue weighted by atomic mass is 10.0. The largest absolute Gasteiger partial charge is 0.396 e. The summed E-state index contributed by atoms with van der Waals surface area (Å²) in [5.74, 6) is 2.24. The summed E-state index contributed by atoms with van der Waals surface area (Å²) in [6, 6.07) is 0. The Hall–Kier alpha value is -0.810. The van der Waals surface area contributed by atoms with Gasteiger partial charge in [-0.05, 0) is 51.0 Å². The molecule has 0 aromatic rings. The van der Waals surface area contributed by atoms with E-state index in [1.165, 1.54) is 25.9 Å².